The molecule has 1 aliphatic carbocycles. The van der Waals surface area contributed by atoms with Crippen molar-refractivity contribution in [1.82, 2.24) is 10.2 Å². The highest BCUT2D eigenvalue weighted by molar-refractivity contribution is 4.96. The molecule has 1 heterocycles. The third-order valence-electron chi connectivity index (χ3n) is 3.90. The van der Waals surface area contributed by atoms with Crippen LogP contribution < -0.4 is 5.32 Å². The highest BCUT2D eigenvalue weighted by atomic mass is 19.4. The number of nitrogens with one attached hydrogen (secondary N) is 1. The lowest BCUT2D eigenvalue weighted by molar-refractivity contribution is -0.176. The van der Waals surface area contributed by atoms with Crippen molar-refractivity contribution in [2.45, 2.75) is 38.4 Å². The molecule has 0 aromatic rings. The number of alkyl halides is 3. The largest absolute Gasteiger partial charge is 0.394 e. The Kier molecular flexibility index (Phi) is 3.98. The quantitative estimate of drug-likeness (QED) is 0.826. The molecular weight excluding hydrogens is 229 g/mol. The van der Waals surface area contributed by atoms with Gasteiger partial charge in [0.1, 0.15) is 0 Å². The monoisotopic (exact) mass is 250 g/mol. The van der Waals surface area contributed by atoms with Gasteiger partial charge in [-0.15, -0.1) is 0 Å². The van der Waals surface area contributed by atoms with E-state index in [0.29, 0.717) is 18.5 Å². The molecule has 0 aromatic heterocycles. The Morgan fingerprint density at radius 1 is 1.35 bits per heavy atom. The van der Waals surface area contributed by atoms with E-state index in [1.165, 1.54) is 0 Å². The van der Waals surface area contributed by atoms with Gasteiger partial charge in [0.05, 0.1) is 5.92 Å². The molecule has 3 unspecified atom stereocenters. The zero-order valence-corrected chi connectivity index (χ0v) is 10.3. The first-order valence-electron chi connectivity index (χ1n) is 6.54. The molecule has 0 aromatic carbocycles. The van der Waals surface area contributed by atoms with Gasteiger partial charge >= 0.3 is 6.18 Å². The normalized spacial score (nSPS) is 35.6. The first-order chi connectivity index (χ1) is 8.02. The predicted molar refractivity (Wildman–Crippen MR) is 60.8 cm³/mol. The minimum Gasteiger partial charge on any atom is -0.315 e. The molecule has 1 saturated heterocycles. The summed E-state index contributed by atoms with van der Waals surface area (Å²) in [5, 5.41) is 2.90. The molecule has 2 aliphatic rings. The van der Waals surface area contributed by atoms with Gasteiger partial charge < -0.3 is 5.32 Å². The Morgan fingerprint density at radius 2 is 2.12 bits per heavy atom. The van der Waals surface area contributed by atoms with E-state index >= 15 is 0 Å². The minimum atomic E-state index is -4.06. The average Bonchev–Trinajstić information content (AvgIpc) is 2.97. The van der Waals surface area contributed by atoms with E-state index in [1.54, 1.807) is 0 Å². The summed E-state index contributed by atoms with van der Waals surface area (Å²) in [6.07, 6.45) is -0.676. The fraction of sp³-hybridized carbons (Fsp3) is 1.00. The van der Waals surface area contributed by atoms with E-state index in [1.807, 2.05) is 0 Å². The molecule has 5 heteroatoms. The first-order valence-corrected chi connectivity index (χ1v) is 6.54. The second-order valence-electron chi connectivity index (χ2n) is 5.29. The third kappa shape index (κ3) is 3.35. The molecule has 2 nitrogen and oxygen atoms in total. The molecule has 1 N–H and O–H groups in total. The van der Waals surface area contributed by atoms with Crippen LogP contribution >= 0.6 is 0 Å². The zero-order valence-electron chi connectivity index (χ0n) is 10.3. The molecular formula is C12H21F3N2. The molecule has 1 aliphatic heterocycles. The van der Waals surface area contributed by atoms with E-state index < -0.39 is 12.1 Å². The Morgan fingerprint density at radius 3 is 2.76 bits per heavy atom. The van der Waals surface area contributed by atoms with Gasteiger partial charge in [-0.2, -0.15) is 13.2 Å². The van der Waals surface area contributed by atoms with Crippen LogP contribution in [-0.2, 0) is 0 Å². The lowest BCUT2D eigenvalue weighted by Gasteiger charge is -2.25. The standard InChI is InChI=1S/C12H21F3N2/c1-2-3-9-6-11(9)17-5-4-16-7-10(8-17)12(13,14)15/h9-11,16H,2-8H2,1H3. The van der Waals surface area contributed by atoms with Gasteiger partial charge in [0, 0.05) is 32.2 Å². The van der Waals surface area contributed by atoms with Crippen LogP contribution in [0, 0.1) is 11.8 Å². The van der Waals surface area contributed by atoms with Crippen LogP contribution in [0.25, 0.3) is 0 Å². The van der Waals surface area contributed by atoms with Crippen molar-refractivity contribution >= 4 is 0 Å². The summed E-state index contributed by atoms with van der Waals surface area (Å²) in [7, 11) is 0. The summed E-state index contributed by atoms with van der Waals surface area (Å²) in [4.78, 5) is 2.05. The van der Waals surface area contributed by atoms with E-state index in [2.05, 4.69) is 17.1 Å². The van der Waals surface area contributed by atoms with Gasteiger partial charge in [-0.25, -0.2) is 0 Å². The molecule has 0 bridgehead atoms. The Labute approximate surface area is 101 Å². The minimum absolute atomic E-state index is 0.0746. The topological polar surface area (TPSA) is 15.3 Å². The van der Waals surface area contributed by atoms with Gasteiger partial charge in [-0.3, -0.25) is 4.90 Å². The SMILES string of the molecule is CCCC1CC1N1CCNCC(C(F)(F)F)C1. The van der Waals surface area contributed by atoms with Gasteiger partial charge in [-0.05, 0) is 18.8 Å². The van der Waals surface area contributed by atoms with E-state index in [0.717, 1.165) is 25.8 Å². The fourth-order valence-electron chi connectivity index (χ4n) is 2.82. The summed E-state index contributed by atoms with van der Waals surface area (Å²) in [5.74, 6) is -0.556. The van der Waals surface area contributed by atoms with Crippen molar-refractivity contribution in [3.05, 3.63) is 0 Å². The summed E-state index contributed by atoms with van der Waals surface area (Å²) >= 11 is 0. The Hall–Kier alpha value is -0.290. The van der Waals surface area contributed by atoms with Crippen LogP contribution in [0.5, 0.6) is 0 Å². The lowest BCUT2D eigenvalue weighted by atomic mass is 10.1. The lowest BCUT2D eigenvalue weighted by Crippen LogP contribution is -2.39. The summed E-state index contributed by atoms with van der Waals surface area (Å²) in [6.45, 7) is 3.84. The maximum atomic E-state index is 12.8. The highest BCUT2D eigenvalue weighted by Crippen LogP contribution is 2.40. The molecule has 1 saturated carbocycles. The number of rotatable bonds is 3. The number of halogens is 3. The van der Waals surface area contributed by atoms with Crippen molar-refractivity contribution in [3.8, 4) is 0 Å². The van der Waals surface area contributed by atoms with Crippen molar-refractivity contribution in [3.63, 3.8) is 0 Å². The summed E-state index contributed by atoms with van der Waals surface area (Å²) < 4.78 is 38.3. The van der Waals surface area contributed by atoms with Crippen LogP contribution in [0.2, 0.25) is 0 Å². The fourth-order valence-corrected chi connectivity index (χ4v) is 2.82. The van der Waals surface area contributed by atoms with Crippen LogP contribution in [0.3, 0.4) is 0 Å². The third-order valence-corrected chi connectivity index (χ3v) is 3.90. The van der Waals surface area contributed by atoms with E-state index in [9.17, 15) is 13.2 Å². The number of hydrogen-bond donors (Lipinski definition) is 1. The van der Waals surface area contributed by atoms with Gasteiger partial charge in [0.25, 0.3) is 0 Å². The van der Waals surface area contributed by atoms with Crippen LogP contribution in [-0.4, -0.2) is 43.3 Å². The maximum absolute atomic E-state index is 12.8. The number of hydrogen-bond acceptors (Lipinski definition) is 2. The van der Waals surface area contributed by atoms with Crippen LogP contribution in [0.4, 0.5) is 13.2 Å². The number of nitrogens with zero attached hydrogens (tertiary/aromatic N) is 1. The van der Waals surface area contributed by atoms with Crippen molar-refractivity contribution in [2.75, 3.05) is 26.2 Å². The average molecular weight is 250 g/mol. The predicted octanol–water partition coefficient (Wildman–Crippen LogP) is 2.26. The molecule has 0 radical (unpaired) electrons. The van der Waals surface area contributed by atoms with Gasteiger partial charge in [-0.1, -0.05) is 13.3 Å². The molecule has 2 fully saturated rings. The van der Waals surface area contributed by atoms with Crippen molar-refractivity contribution in [2.24, 2.45) is 11.8 Å². The maximum Gasteiger partial charge on any atom is 0.394 e. The second kappa shape index (κ2) is 5.14. The van der Waals surface area contributed by atoms with Crippen molar-refractivity contribution in [1.29, 1.82) is 0 Å². The summed E-state index contributed by atoms with van der Waals surface area (Å²) in [5.41, 5.74) is 0. The molecule has 3 atom stereocenters. The van der Waals surface area contributed by atoms with Gasteiger partial charge in [0.15, 0.2) is 0 Å². The Bertz CT molecular complexity index is 255. The molecule has 2 rings (SSSR count). The second-order valence-corrected chi connectivity index (χ2v) is 5.29. The molecule has 17 heavy (non-hydrogen) atoms. The van der Waals surface area contributed by atoms with Crippen LogP contribution in [0.15, 0.2) is 0 Å². The first kappa shape index (κ1) is 13.1. The molecule has 100 valence electrons. The smallest absolute Gasteiger partial charge is 0.315 e. The van der Waals surface area contributed by atoms with Gasteiger partial charge in [0.2, 0.25) is 0 Å². The highest BCUT2D eigenvalue weighted by Gasteiger charge is 2.46. The van der Waals surface area contributed by atoms with Crippen LogP contribution in [0.1, 0.15) is 26.2 Å². The van der Waals surface area contributed by atoms with E-state index in [-0.39, 0.29) is 13.1 Å². The van der Waals surface area contributed by atoms with Crippen molar-refractivity contribution < 1.29 is 13.2 Å². The molecule has 0 amide bonds. The Balaban J connectivity index is 1.90. The van der Waals surface area contributed by atoms with E-state index in [4.69, 9.17) is 0 Å². The zero-order chi connectivity index (χ0) is 12.5. The summed E-state index contributed by atoms with van der Waals surface area (Å²) in [6, 6.07) is 0.416. The molecule has 0 spiro atoms.